The highest BCUT2D eigenvalue weighted by Gasteiger charge is 2.27. The summed E-state index contributed by atoms with van der Waals surface area (Å²) in [6, 6.07) is 9.50. The maximum absolute atomic E-state index is 5.77. The van der Waals surface area contributed by atoms with Gasteiger partial charge in [-0.25, -0.2) is 4.98 Å². The number of anilines is 1. The normalized spacial score (nSPS) is 14.5. The van der Waals surface area contributed by atoms with Crippen LogP contribution in [0.4, 0.5) is 5.82 Å². The van der Waals surface area contributed by atoms with Crippen LogP contribution in [0.5, 0.6) is 11.6 Å². The molecule has 1 aromatic carbocycles. The van der Waals surface area contributed by atoms with Crippen LogP contribution in [-0.2, 0) is 0 Å². The average Bonchev–Trinajstić information content (AvgIpc) is 3.15. The van der Waals surface area contributed by atoms with Gasteiger partial charge in [0.05, 0.1) is 0 Å². The van der Waals surface area contributed by atoms with Crippen molar-refractivity contribution in [1.82, 2.24) is 9.97 Å². The Balaban J connectivity index is 1.85. The Hall–Kier alpha value is -2.10. The Bertz CT molecular complexity index is 562. The molecule has 0 amide bonds. The van der Waals surface area contributed by atoms with E-state index >= 15 is 0 Å². The molecule has 0 atom stereocenters. The van der Waals surface area contributed by atoms with E-state index in [1.54, 1.807) is 6.07 Å². The SMILES string of the molecule is Cc1ccc(Oc2cc(N)nc(C3CC3)n2)cc1. The highest BCUT2D eigenvalue weighted by atomic mass is 16.5. The zero-order valence-corrected chi connectivity index (χ0v) is 10.3. The van der Waals surface area contributed by atoms with Crippen molar-refractivity contribution >= 4 is 5.82 Å². The largest absolute Gasteiger partial charge is 0.439 e. The second-order valence-corrected chi connectivity index (χ2v) is 4.68. The number of benzene rings is 1. The summed E-state index contributed by atoms with van der Waals surface area (Å²) >= 11 is 0. The van der Waals surface area contributed by atoms with Crippen LogP contribution in [-0.4, -0.2) is 9.97 Å². The molecule has 0 bridgehead atoms. The summed E-state index contributed by atoms with van der Waals surface area (Å²) in [5, 5.41) is 0. The van der Waals surface area contributed by atoms with Crippen molar-refractivity contribution in [3.63, 3.8) is 0 Å². The minimum Gasteiger partial charge on any atom is -0.439 e. The molecular weight excluding hydrogens is 226 g/mol. The number of nitrogens with zero attached hydrogens (tertiary/aromatic N) is 2. The molecule has 18 heavy (non-hydrogen) atoms. The van der Waals surface area contributed by atoms with Crippen LogP contribution < -0.4 is 10.5 Å². The standard InChI is InChI=1S/C14H15N3O/c1-9-2-6-11(7-3-9)18-13-8-12(15)16-14(17-13)10-4-5-10/h2-3,6-8,10H,4-5H2,1H3,(H2,15,16,17). The monoisotopic (exact) mass is 241 g/mol. The Morgan fingerprint density at radius 3 is 2.56 bits per heavy atom. The number of hydrogen-bond donors (Lipinski definition) is 1. The Morgan fingerprint density at radius 1 is 1.17 bits per heavy atom. The van der Waals surface area contributed by atoms with Gasteiger partial charge < -0.3 is 10.5 Å². The molecule has 3 rings (SSSR count). The van der Waals surface area contributed by atoms with Crippen LogP contribution in [0.15, 0.2) is 30.3 Å². The van der Waals surface area contributed by atoms with Gasteiger partial charge in [-0.3, -0.25) is 0 Å². The van der Waals surface area contributed by atoms with E-state index < -0.39 is 0 Å². The van der Waals surface area contributed by atoms with Gasteiger partial charge >= 0.3 is 0 Å². The van der Waals surface area contributed by atoms with Crippen LogP contribution in [0, 0.1) is 6.92 Å². The average molecular weight is 241 g/mol. The van der Waals surface area contributed by atoms with Gasteiger partial charge in [0.25, 0.3) is 0 Å². The minimum absolute atomic E-state index is 0.467. The molecular formula is C14H15N3O. The van der Waals surface area contributed by atoms with Crippen molar-refractivity contribution in [2.75, 3.05) is 5.73 Å². The van der Waals surface area contributed by atoms with Crippen LogP contribution in [0.3, 0.4) is 0 Å². The first-order valence-corrected chi connectivity index (χ1v) is 6.10. The maximum Gasteiger partial charge on any atom is 0.224 e. The van der Waals surface area contributed by atoms with Gasteiger partial charge in [-0.1, -0.05) is 17.7 Å². The predicted octanol–water partition coefficient (Wildman–Crippen LogP) is 3.04. The fourth-order valence-corrected chi connectivity index (χ4v) is 1.76. The number of ether oxygens (including phenoxy) is 1. The Labute approximate surface area is 106 Å². The first-order valence-electron chi connectivity index (χ1n) is 6.10. The molecule has 0 spiro atoms. The molecule has 1 fully saturated rings. The molecule has 0 aliphatic heterocycles. The molecule has 0 radical (unpaired) electrons. The highest BCUT2D eigenvalue weighted by Crippen LogP contribution is 2.39. The zero-order valence-electron chi connectivity index (χ0n) is 10.3. The van der Waals surface area contributed by atoms with E-state index in [9.17, 15) is 0 Å². The predicted molar refractivity (Wildman–Crippen MR) is 69.7 cm³/mol. The zero-order chi connectivity index (χ0) is 12.5. The van der Waals surface area contributed by atoms with Crippen molar-refractivity contribution < 1.29 is 4.74 Å². The molecule has 2 aromatic rings. The van der Waals surface area contributed by atoms with Gasteiger partial charge in [0.15, 0.2) is 0 Å². The number of aromatic nitrogens is 2. The molecule has 4 nitrogen and oxygen atoms in total. The lowest BCUT2D eigenvalue weighted by Gasteiger charge is -2.07. The Kier molecular flexibility index (Phi) is 2.63. The molecule has 1 aliphatic carbocycles. The van der Waals surface area contributed by atoms with Gasteiger partial charge in [-0.15, -0.1) is 0 Å². The van der Waals surface area contributed by atoms with Crippen molar-refractivity contribution in [2.45, 2.75) is 25.7 Å². The van der Waals surface area contributed by atoms with Gasteiger partial charge in [-0.2, -0.15) is 4.98 Å². The van der Waals surface area contributed by atoms with Crippen molar-refractivity contribution in [2.24, 2.45) is 0 Å². The molecule has 1 saturated carbocycles. The van der Waals surface area contributed by atoms with E-state index in [0.29, 0.717) is 17.6 Å². The fourth-order valence-electron chi connectivity index (χ4n) is 1.76. The quantitative estimate of drug-likeness (QED) is 0.897. The van der Waals surface area contributed by atoms with Gasteiger partial charge in [0.1, 0.15) is 17.4 Å². The molecule has 92 valence electrons. The third kappa shape index (κ3) is 2.42. The van der Waals surface area contributed by atoms with Crippen LogP contribution in [0.1, 0.15) is 30.1 Å². The van der Waals surface area contributed by atoms with E-state index in [1.165, 1.54) is 5.56 Å². The fraction of sp³-hybridized carbons (Fsp3) is 0.286. The van der Waals surface area contributed by atoms with E-state index in [-0.39, 0.29) is 0 Å². The smallest absolute Gasteiger partial charge is 0.224 e. The van der Waals surface area contributed by atoms with E-state index in [1.807, 2.05) is 31.2 Å². The molecule has 0 saturated heterocycles. The molecule has 2 N–H and O–H groups in total. The van der Waals surface area contributed by atoms with Crippen molar-refractivity contribution in [3.05, 3.63) is 41.7 Å². The maximum atomic E-state index is 5.77. The lowest BCUT2D eigenvalue weighted by molar-refractivity contribution is 0.459. The van der Waals surface area contributed by atoms with Gasteiger partial charge in [0.2, 0.25) is 5.88 Å². The van der Waals surface area contributed by atoms with Crippen molar-refractivity contribution in [1.29, 1.82) is 0 Å². The third-order valence-electron chi connectivity index (χ3n) is 2.93. The van der Waals surface area contributed by atoms with Crippen LogP contribution in [0.25, 0.3) is 0 Å². The first-order chi connectivity index (χ1) is 8.70. The molecule has 1 heterocycles. The number of nitrogen functional groups attached to an aromatic ring is 1. The van der Waals surface area contributed by atoms with E-state index in [4.69, 9.17) is 10.5 Å². The summed E-state index contributed by atoms with van der Waals surface area (Å²) in [6.07, 6.45) is 2.29. The van der Waals surface area contributed by atoms with Crippen LogP contribution >= 0.6 is 0 Å². The summed E-state index contributed by atoms with van der Waals surface area (Å²) in [7, 11) is 0. The van der Waals surface area contributed by atoms with E-state index in [2.05, 4.69) is 9.97 Å². The highest BCUT2D eigenvalue weighted by molar-refractivity contribution is 5.37. The van der Waals surface area contributed by atoms with E-state index in [0.717, 1.165) is 24.4 Å². The number of nitrogens with two attached hydrogens (primary N) is 1. The summed E-state index contributed by atoms with van der Waals surface area (Å²) < 4.78 is 5.70. The molecule has 0 unspecified atom stereocenters. The number of rotatable bonds is 3. The van der Waals surface area contributed by atoms with Crippen LogP contribution in [0.2, 0.25) is 0 Å². The van der Waals surface area contributed by atoms with Crippen molar-refractivity contribution in [3.8, 4) is 11.6 Å². The summed E-state index contributed by atoms with van der Waals surface area (Å²) in [5.41, 5.74) is 6.97. The summed E-state index contributed by atoms with van der Waals surface area (Å²) in [5.74, 6) is 3.02. The molecule has 1 aromatic heterocycles. The summed E-state index contributed by atoms with van der Waals surface area (Å²) in [6.45, 7) is 2.04. The lowest BCUT2D eigenvalue weighted by atomic mass is 10.2. The lowest BCUT2D eigenvalue weighted by Crippen LogP contribution is -2.00. The summed E-state index contributed by atoms with van der Waals surface area (Å²) in [4.78, 5) is 8.64. The molecule has 1 aliphatic rings. The molecule has 4 heteroatoms. The first kappa shape index (κ1) is 11.0. The van der Waals surface area contributed by atoms with Gasteiger partial charge in [-0.05, 0) is 31.9 Å². The Morgan fingerprint density at radius 2 is 1.89 bits per heavy atom. The number of aryl methyl sites for hydroxylation is 1. The van der Waals surface area contributed by atoms with Gasteiger partial charge in [0, 0.05) is 12.0 Å². The second kappa shape index (κ2) is 4.29. The second-order valence-electron chi connectivity index (χ2n) is 4.68. The number of hydrogen-bond acceptors (Lipinski definition) is 4. The topological polar surface area (TPSA) is 61.0 Å². The third-order valence-corrected chi connectivity index (χ3v) is 2.93. The minimum atomic E-state index is 0.467.